The molecule has 0 heterocycles. The zero-order valence-electron chi connectivity index (χ0n) is 19.2. The summed E-state index contributed by atoms with van der Waals surface area (Å²) in [5, 5.41) is 11.9. The van der Waals surface area contributed by atoms with E-state index in [1.54, 1.807) is 0 Å². The van der Waals surface area contributed by atoms with E-state index in [9.17, 15) is 9.59 Å². The first-order valence-electron chi connectivity index (χ1n) is 10.9. The molecule has 0 aliphatic carbocycles. The fourth-order valence-electron chi connectivity index (χ4n) is 3.23. The Morgan fingerprint density at radius 1 is 1.06 bits per heavy atom. The van der Waals surface area contributed by atoms with Crippen LogP contribution in [-0.2, 0) is 27.2 Å². The minimum Gasteiger partial charge on any atom is -0.489 e. The normalized spacial score (nSPS) is 11.8. The van der Waals surface area contributed by atoms with E-state index < -0.39 is 18.0 Å². The zero-order valence-corrected chi connectivity index (χ0v) is 19.2. The van der Waals surface area contributed by atoms with Gasteiger partial charge in [0, 0.05) is 25.7 Å². The van der Waals surface area contributed by atoms with E-state index in [1.165, 1.54) is 5.56 Å². The van der Waals surface area contributed by atoms with E-state index in [2.05, 4.69) is 17.4 Å². The van der Waals surface area contributed by atoms with Crippen molar-refractivity contribution < 1.29 is 24.2 Å². The number of benzene rings is 2. The van der Waals surface area contributed by atoms with Crippen molar-refractivity contribution in [2.24, 2.45) is 0 Å². The maximum Gasteiger partial charge on any atom is 0.306 e. The number of nitrogens with one attached hydrogen (secondary N) is 1. The predicted octanol–water partition coefficient (Wildman–Crippen LogP) is 3.62. The number of nitrogens with zero attached hydrogens (tertiary/aromatic N) is 1. The summed E-state index contributed by atoms with van der Waals surface area (Å²) in [6.07, 6.45) is 1.48. The van der Waals surface area contributed by atoms with Crippen LogP contribution in [0.1, 0.15) is 30.4 Å². The SMILES string of the molecule is CNc1cccc(CCc2ccccc2OCC(CCN(C)C)OC(=O)CCC(=O)O)c1. The van der Waals surface area contributed by atoms with Gasteiger partial charge in [-0.3, -0.25) is 9.59 Å². The van der Waals surface area contributed by atoms with Gasteiger partial charge in [0.1, 0.15) is 18.5 Å². The van der Waals surface area contributed by atoms with E-state index in [0.29, 0.717) is 6.42 Å². The molecule has 7 heteroatoms. The molecule has 2 aromatic carbocycles. The van der Waals surface area contributed by atoms with E-state index in [-0.39, 0.29) is 19.4 Å². The first-order valence-corrected chi connectivity index (χ1v) is 10.9. The Kier molecular flexibility index (Phi) is 10.5. The molecule has 0 spiro atoms. The summed E-state index contributed by atoms with van der Waals surface area (Å²) >= 11 is 0. The molecular formula is C25H34N2O5. The van der Waals surface area contributed by atoms with E-state index in [0.717, 1.165) is 36.4 Å². The molecule has 1 unspecified atom stereocenters. The molecule has 7 nitrogen and oxygen atoms in total. The molecule has 0 amide bonds. The molecule has 0 radical (unpaired) electrons. The lowest BCUT2D eigenvalue weighted by molar-refractivity contribution is -0.153. The maximum atomic E-state index is 12.0. The van der Waals surface area contributed by atoms with Gasteiger partial charge in [-0.1, -0.05) is 30.3 Å². The monoisotopic (exact) mass is 442 g/mol. The Morgan fingerprint density at radius 3 is 2.56 bits per heavy atom. The largest absolute Gasteiger partial charge is 0.489 e. The highest BCUT2D eigenvalue weighted by molar-refractivity contribution is 5.76. The van der Waals surface area contributed by atoms with Gasteiger partial charge in [-0.2, -0.15) is 0 Å². The number of rotatable bonds is 14. The van der Waals surface area contributed by atoms with E-state index in [4.69, 9.17) is 14.6 Å². The number of carbonyl (C=O) groups is 2. The first kappa shape index (κ1) is 25.2. The molecule has 2 aromatic rings. The number of carbonyl (C=O) groups excluding carboxylic acids is 1. The number of para-hydroxylation sites is 1. The number of anilines is 1. The second-order valence-electron chi connectivity index (χ2n) is 7.97. The highest BCUT2D eigenvalue weighted by Crippen LogP contribution is 2.22. The van der Waals surface area contributed by atoms with Gasteiger partial charge in [-0.05, 0) is 56.3 Å². The second kappa shape index (κ2) is 13.4. The van der Waals surface area contributed by atoms with Crippen LogP contribution < -0.4 is 10.1 Å². The average Bonchev–Trinajstić information content (AvgIpc) is 2.78. The van der Waals surface area contributed by atoms with Crippen molar-refractivity contribution in [2.75, 3.05) is 39.6 Å². The highest BCUT2D eigenvalue weighted by atomic mass is 16.6. The number of hydrogen-bond donors (Lipinski definition) is 2. The summed E-state index contributed by atoms with van der Waals surface area (Å²) in [5.74, 6) is -0.761. The van der Waals surface area contributed by atoms with Crippen LogP contribution in [0.2, 0.25) is 0 Å². The molecule has 0 aliphatic heterocycles. The number of hydrogen-bond acceptors (Lipinski definition) is 6. The summed E-state index contributed by atoms with van der Waals surface area (Å²) in [7, 11) is 5.80. The Bertz CT molecular complexity index is 869. The first-order chi connectivity index (χ1) is 15.4. The number of aryl methyl sites for hydroxylation is 2. The zero-order chi connectivity index (χ0) is 23.3. The van der Waals surface area contributed by atoms with Crippen molar-refractivity contribution in [3.05, 3.63) is 59.7 Å². The Hall–Kier alpha value is -3.06. The fourth-order valence-corrected chi connectivity index (χ4v) is 3.23. The summed E-state index contributed by atoms with van der Waals surface area (Å²) in [6.45, 7) is 0.947. The van der Waals surface area contributed by atoms with Gasteiger partial charge in [0.05, 0.1) is 12.8 Å². The smallest absolute Gasteiger partial charge is 0.306 e. The molecular weight excluding hydrogens is 408 g/mol. The van der Waals surface area contributed by atoms with Gasteiger partial charge >= 0.3 is 11.9 Å². The molecule has 0 aromatic heterocycles. The van der Waals surface area contributed by atoms with Crippen molar-refractivity contribution in [1.82, 2.24) is 4.90 Å². The molecule has 1 atom stereocenters. The van der Waals surface area contributed by atoms with Gasteiger partial charge < -0.3 is 24.8 Å². The van der Waals surface area contributed by atoms with Crippen molar-refractivity contribution in [2.45, 2.75) is 38.2 Å². The van der Waals surface area contributed by atoms with Gasteiger partial charge in [0.2, 0.25) is 0 Å². The molecule has 0 saturated carbocycles. The summed E-state index contributed by atoms with van der Waals surface area (Å²) in [4.78, 5) is 24.7. The summed E-state index contributed by atoms with van der Waals surface area (Å²) in [5.41, 5.74) is 3.41. The van der Waals surface area contributed by atoms with E-state index >= 15 is 0 Å². The van der Waals surface area contributed by atoms with Gasteiger partial charge in [-0.25, -0.2) is 0 Å². The van der Waals surface area contributed by atoms with Crippen LogP contribution in [0.5, 0.6) is 5.75 Å². The maximum absolute atomic E-state index is 12.0. The second-order valence-corrected chi connectivity index (χ2v) is 7.97. The lowest BCUT2D eigenvalue weighted by Gasteiger charge is -2.21. The molecule has 0 fully saturated rings. The van der Waals surface area contributed by atoms with Crippen LogP contribution in [-0.4, -0.2) is 62.3 Å². The topological polar surface area (TPSA) is 88.1 Å². The Balaban J connectivity index is 1.98. The molecule has 174 valence electrons. The van der Waals surface area contributed by atoms with Crippen LogP contribution in [0.4, 0.5) is 5.69 Å². The van der Waals surface area contributed by atoms with Gasteiger partial charge in [0.25, 0.3) is 0 Å². The third-order valence-corrected chi connectivity index (χ3v) is 5.04. The lowest BCUT2D eigenvalue weighted by atomic mass is 10.0. The quantitative estimate of drug-likeness (QED) is 0.432. The van der Waals surface area contributed by atoms with Crippen molar-refractivity contribution >= 4 is 17.6 Å². The van der Waals surface area contributed by atoms with Gasteiger partial charge in [0.15, 0.2) is 0 Å². The van der Waals surface area contributed by atoms with Gasteiger partial charge in [-0.15, -0.1) is 0 Å². The van der Waals surface area contributed by atoms with Crippen molar-refractivity contribution in [3.8, 4) is 5.75 Å². The Morgan fingerprint density at radius 2 is 1.84 bits per heavy atom. The fraction of sp³-hybridized carbons (Fsp3) is 0.440. The third kappa shape index (κ3) is 9.39. The molecule has 0 aliphatic rings. The average molecular weight is 443 g/mol. The van der Waals surface area contributed by atoms with Crippen LogP contribution in [0.25, 0.3) is 0 Å². The predicted molar refractivity (Wildman–Crippen MR) is 125 cm³/mol. The third-order valence-electron chi connectivity index (χ3n) is 5.04. The minimum atomic E-state index is -1.02. The Labute approximate surface area is 190 Å². The summed E-state index contributed by atoms with van der Waals surface area (Å²) in [6, 6.07) is 16.2. The molecule has 2 N–H and O–H groups in total. The van der Waals surface area contributed by atoms with Crippen LogP contribution in [0.15, 0.2) is 48.5 Å². The highest BCUT2D eigenvalue weighted by Gasteiger charge is 2.17. The lowest BCUT2D eigenvalue weighted by Crippen LogP contribution is -2.29. The number of esters is 1. The van der Waals surface area contributed by atoms with Crippen LogP contribution >= 0.6 is 0 Å². The molecule has 32 heavy (non-hydrogen) atoms. The summed E-state index contributed by atoms with van der Waals surface area (Å²) < 4.78 is 11.6. The minimum absolute atomic E-state index is 0.143. The van der Waals surface area contributed by atoms with Crippen LogP contribution in [0, 0.1) is 0 Å². The number of ether oxygens (including phenoxy) is 2. The van der Waals surface area contributed by atoms with E-state index in [1.807, 2.05) is 62.4 Å². The number of carboxylic acid groups (broad SMARTS) is 1. The van der Waals surface area contributed by atoms with Crippen molar-refractivity contribution in [3.63, 3.8) is 0 Å². The molecule has 2 rings (SSSR count). The molecule has 0 saturated heterocycles. The standard InChI is InChI=1S/C25H34N2O5/c1-26-21-9-6-7-19(17-21)11-12-20-8-4-5-10-23(20)31-18-22(15-16-27(2)3)32-25(30)14-13-24(28)29/h4-10,17,22,26H,11-16,18H2,1-3H3,(H,28,29). The molecule has 0 bridgehead atoms. The van der Waals surface area contributed by atoms with Crippen LogP contribution in [0.3, 0.4) is 0 Å². The number of carboxylic acids is 1. The van der Waals surface area contributed by atoms with Crippen molar-refractivity contribution in [1.29, 1.82) is 0 Å². The number of aliphatic carboxylic acids is 1.